The SMILES string of the molecule is CCNC(=NCC1CCN(S(C)(=O)=O)CC1)N1CCC(c2ccccc2)C(CC)C1. The van der Waals surface area contributed by atoms with Gasteiger partial charge in [-0.1, -0.05) is 43.7 Å². The van der Waals surface area contributed by atoms with Crippen molar-refractivity contribution in [2.75, 3.05) is 45.5 Å². The van der Waals surface area contributed by atoms with E-state index in [1.165, 1.54) is 18.2 Å². The van der Waals surface area contributed by atoms with Crippen molar-refractivity contribution in [1.82, 2.24) is 14.5 Å². The molecule has 6 nitrogen and oxygen atoms in total. The summed E-state index contributed by atoms with van der Waals surface area (Å²) in [5.41, 5.74) is 1.46. The van der Waals surface area contributed by atoms with Crippen molar-refractivity contribution in [3.8, 4) is 0 Å². The molecule has 1 aromatic rings. The average molecular weight is 435 g/mol. The quantitative estimate of drug-likeness (QED) is 0.552. The number of benzene rings is 1. The van der Waals surface area contributed by atoms with E-state index in [4.69, 9.17) is 4.99 Å². The molecule has 2 unspecified atom stereocenters. The number of sulfonamides is 1. The molecule has 7 heteroatoms. The summed E-state index contributed by atoms with van der Waals surface area (Å²) in [4.78, 5) is 7.41. The smallest absolute Gasteiger partial charge is 0.211 e. The predicted molar refractivity (Wildman–Crippen MR) is 124 cm³/mol. The maximum Gasteiger partial charge on any atom is 0.211 e. The maximum absolute atomic E-state index is 11.7. The fraction of sp³-hybridized carbons (Fsp3) is 0.696. The molecular formula is C23H38N4O2S. The van der Waals surface area contributed by atoms with Gasteiger partial charge in [-0.05, 0) is 49.5 Å². The number of nitrogens with zero attached hydrogens (tertiary/aromatic N) is 3. The number of rotatable bonds is 6. The Morgan fingerprint density at radius 1 is 1.10 bits per heavy atom. The Balaban J connectivity index is 1.61. The van der Waals surface area contributed by atoms with Crippen LogP contribution in [0.4, 0.5) is 0 Å². The highest BCUT2D eigenvalue weighted by molar-refractivity contribution is 7.88. The molecule has 0 radical (unpaired) electrons. The molecule has 2 atom stereocenters. The van der Waals surface area contributed by atoms with Gasteiger partial charge in [0, 0.05) is 39.3 Å². The minimum atomic E-state index is -3.07. The number of aliphatic imine (C=N–C) groups is 1. The van der Waals surface area contributed by atoms with E-state index < -0.39 is 10.0 Å². The van der Waals surface area contributed by atoms with E-state index in [0.29, 0.717) is 30.8 Å². The lowest BCUT2D eigenvalue weighted by molar-refractivity contribution is 0.214. The van der Waals surface area contributed by atoms with E-state index >= 15 is 0 Å². The number of guanidine groups is 1. The summed E-state index contributed by atoms with van der Waals surface area (Å²) in [5.74, 6) is 2.73. The average Bonchev–Trinajstić information content (AvgIpc) is 2.76. The monoisotopic (exact) mass is 434 g/mol. The minimum Gasteiger partial charge on any atom is -0.357 e. The summed E-state index contributed by atoms with van der Waals surface area (Å²) < 4.78 is 25.0. The number of likely N-dealkylation sites (tertiary alicyclic amines) is 1. The Morgan fingerprint density at radius 3 is 2.40 bits per heavy atom. The largest absolute Gasteiger partial charge is 0.357 e. The van der Waals surface area contributed by atoms with Crippen LogP contribution in [0.15, 0.2) is 35.3 Å². The zero-order valence-electron chi connectivity index (χ0n) is 18.8. The van der Waals surface area contributed by atoms with Gasteiger partial charge in [-0.3, -0.25) is 4.99 Å². The van der Waals surface area contributed by atoms with Crippen LogP contribution in [0.1, 0.15) is 51.0 Å². The standard InChI is InChI=1S/C23H38N4O2S/c1-4-20-18-26(14-13-22(20)21-9-7-6-8-10-21)23(24-5-2)25-17-19-11-15-27(16-12-19)30(3,28)29/h6-10,19-20,22H,4-5,11-18H2,1-3H3,(H,24,25). The molecule has 30 heavy (non-hydrogen) atoms. The predicted octanol–water partition coefficient (Wildman–Crippen LogP) is 3.14. The van der Waals surface area contributed by atoms with Crippen LogP contribution in [0.2, 0.25) is 0 Å². The van der Waals surface area contributed by atoms with Gasteiger partial charge in [0.2, 0.25) is 10.0 Å². The van der Waals surface area contributed by atoms with E-state index in [1.807, 2.05) is 0 Å². The molecular weight excluding hydrogens is 396 g/mol. The van der Waals surface area contributed by atoms with E-state index in [-0.39, 0.29) is 0 Å². The van der Waals surface area contributed by atoms with Crippen LogP contribution in [0.25, 0.3) is 0 Å². The highest BCUT2D eigenvalue weighted by atomic mass is 32.2. The lowest BCUT2D eigenvalue weighted by Crippen LogP contribution is -2.48. The third kappa shape index (κ3) is 5.97. The van der Waals surface area contributed by atoms with Crippen molar-refractivity contribution in [3.63, 3.8) is 0 Å². The van der Waals surface area contributed by atoms with Crippen molar-refractivity contribution >= 4 is 16.0 Å². The van der Waals surface area contributed by atoms with Crippen molar-refractivity contribution in [2.24, 2.45) is 16.8 Å². The van der Waals surface area contributed by atoms with Crippen LogP contribution >= 0.6 is 0 Å². The van der Waals surface area contributed by atoms with Gasteiger partial charge in [0.25, 0.3) is 0 Å². The number of hydrogen-bond acceptors (Lipinski definition) is 3. The Hall–Kier alpha value is -1.60. The van der Waals surface area contributed by atoms with Crippen LogP contribution < -0.4 is 5.32 Å². The second kappa shape index (κ2) is 10.6. The fourth-order valence-corrected chi connectivity index (χ4v) is 5.72. The Morgan fingerprint density at radius 2 is 1.80 bits per heavy atom. The summed E-state index contributed by atoms with van der Waals surface area (Å²) in [5, 5.41) is 3.49. The van der Waals surface area contributed by atoms with Crippen LogP contribution in [0.5, 0.6) is 0 Å². The molecule has 2 fully saturated rings. The van der Waals surface area contributed by atoms with Crippen molar-refractivity contribution in [2.45, 2.75) is 45.4 Å². The first-order valence-electron chi connectivity index (χ1n) is 11.5. The van der Waals surface area contributed by atoms with E-state index in [9.17, 15) is 8.42 Å². The Kier molecular flexibility index (Phi) is 8.17. The molecule has 0 spiro atoms. The maximum atomic E-state index is 11.7. The summed E-state index contributed by atoms with van der Waals surface area (Å²) >= 11 is 0. The van der Waals surface area contributed by atoms with Crippen LogP contribution in [0.3, 0.4) is 0 Å². The van der Waals surface area contributed by atoms with Gasteiger partial charge in [0.05, 0.1) is 6.26 Å². The Bertz CT molecular complexity index is 789. The van der Waals surface area contributed by atoms with E-state index in [1.54, 1.807) is 4.31 Å². The summed E-state index contributed by atoms with van der Waals surface area (Å²) in [7, 11) is -3.07. The number of piperidine rings is 2. The third-order valence-corrected chi connectivity index (χ3v) is 7.97. The zero-order chi connectivity index (χ0) is 21.6. The van der Waals surface area contributed by atoms with Crippen molar-refractivity contribution in [1.29, 1.82) is 0 Å². The lowest BCUT2D eigenvalue weighted by Gasteiger charge is -2.40. The molecule has 1 N–H and O–H groups in total. The molecule has 2 heterocycles. The normalized spacial score (nSPS) is 24.8. The topological polar surface area (TPSA) is 65.0 Å². The van der Waals surface area contributed by atoms with Crippen LogP contribution in [0, 0.1) is 11.8 Å². The molecule has 3 rings (SSSR count). The van der Waals surface area contributed by atoms with Gasteiger partial charge >= 0.3 is 0 Å². The highest BCUT2D eigenvalue weighted by Crippen LogP contribution is 2.34. The lowest BCUT2D eigenvalue weighted by atomic mass is 9.79. The van der Waals surface area contributed by atoms with Gasteiger partial charge in [-0.15, -0.1) is 0 Å². The molecule has 168 valence electrons. The summed E-state index contributed by atoms with van der Waals surface area (Å²) in [6, 6.07) is 10.9. The van der Waals surface area contributed by atoms with Crippen LogP contribution in [-0.2, 0) is 10.0 Å². The molecule has 0 saturated carbocycles. The second-order valence-electron chi connectivity index (χ2n) is 8.72. The van der Waals surface area contributed by atoms with Gasteiger partial charge in [0.15, 0.2) is 5.96 Å². The number of nitrogens with one attached hydrogen (secondary N) is 1. The van der Waals surface area contributed by atoms with Crippen molar-refractivity contribution in [3.05, 3.63) is 35.9 Å². The molecule has 0 bridgehead atoms. The van der Waals surface area contributed by atoms with Gasteiger partial charge < -0.3 is 10.2 Å². The third-order valence-electron chi connectivity index (χ3n) is 6.66. The van der Waals surface area contributed by atoms with E-state index in [2.05, 4.69) is 54.4 Å². The Labute approximate surface area is 182 Å². The molecule has 0 aliphatic carbocycles. The van der Waals surface area contributed by atoms with Gasteiger partial charge in [-0.2, -0.15) is 0 Å². The molecule has 0 amide bonds. The first-order chi connectivity index (χ1) is 14.4. The first kappa shape index (κ1) is 23.1. The molecule has 1 aromatic carbocycles. The molecule has 2 saturated heterocycles. The first-order valence-corrected chi connectivity index (χ1v) is 13.3. The number of hydrogen-bond donors (Lipinski definition) is 1. The molecule has 2 aliphatic rings. The van der Waals surface area contributed by atoms with Crippen LogP contribution in [-0.4, -0.2) is 69.1 Å². The van der Waals surface area contributed by atoms with Crippen molar-refractivity contribution < 1.29 is 8.42 Å². The van der Waals surface area contributed by atoms with E-state index in [0.717, 1.165) is 51.4 Å². The second-order valence-corrected chi connectivity index (χ2v) is 10.7. The summed E-state index contributed by atoms with van der Waals surface area (Å²) in [6.07, 6.45) is 5.41. The molecule has 2 aliphatic heterocycles. The van der Waals surface area contributed by atoms with Gasteiger partial charge in [0.1, 0.15) is 0 Å². The minimum absolute atomic E-state index is 0.459. The summed E-state index contributed by atoms with van der Waals surface area (Å²) in [6.45, 7) is 9.35. The zero-order valence-corrected chi connectivity index (χ0v) is 19.6. The fourth-order valence-electron chi connectivity index (χ4n) is 4.84. The van der Waals surface area contributed by atoms with Gasteiger partial charge in [-0.25, -0.2) is 12.7 Å². The highest BCUT2D eigenvalue weighted by Gasteiger charge is 2.31. The molecule has 0 aromatic heterocycles.